The van der Waals surface area contributed by atoms with Crippen LogP contribution in [0.5, 0.6) is 5.75 Å². The lowest BCUT2D eigenvalue weighted by molar-refractivity contribution is -0.156. The molecule has 5 heteroatoms. The first kappa shape index (κ1) is 31.5. The SMILES string of the molecule is CCOC(=O)C(Cc1ccc(OCCN(C)C2c3ccccc3CCc3ccc(C(C)c4ccccc4)cc32)cc1)OCC. The Morgan fingerprint density at radius 3 is 2.25 bits per heavy atom. The number of esters is 1. The third-order valence-corrected chi connectivity index (χ3v) is 8.69. The lowest BCUT2D eigenvalue weighted by Gasteiger charge is -2.31. The van der Waals surface area contributed by atoms with E-state index in [4.69, 9.17) is 14.2 Å². The molecule has 0 fully saturated rings. The highest BCUT2D eigenvalue weighted by molar-refractivity contribution is 5.75. The van der Waals surface area contributed by atoms with Crippen LogP contribution in [0.2, 0.25) is 0 Å². The van der Waals surface area contributed by atoms with Crippen LogP contribution in [-0.2, 0) is 33.5 Å². The molecule has 0 aliphatic heterocycles. The summed E-state index contributed by atoms with van der Waals surface area (Å²) in [7, 11) is 2.21. The van der Waals surface area contributed by atoms with Gasteiger partial charge < -0.3 is 14.2 Å². The maximum Gasteiger partial charge on any atom is 0.335 e. The summed E-state index contributed by atoms with van der Waals surface area (Å²) in [6.07, 6.45) is 1.97. The molecular weight excluding hydrogens is 546 g/mol. The molecule has 0 amide bonds. The van der Waals surface area contributed by atoms with E-state index >= 15 is 0 Å². The molecule has 3 unspecified atom stereocenters. The lowest BCUT2D eigenvalue weighted by atomic mass is 9.87. The van der Waals surface area contributed by atoms with Crippen LogP contribution in [0, 0.1) is 0 Å². The van der Waals surface area contributed by atoms with E-state index in [0.29, 0.717) is 32.2 Å². The fourth-order valence-corrected chi connectivity index (χ4v) is 6.26. The minimum atomic E-state index is -0.595. The van der Waals surface area contributed by atoms with Crippen molar-refractivity contribution in [3.05, 3.63) is 136 Å². The van der Waals surface area contributed by atoms with E-state index in [1.807, 2.05) is 38.1 Å². The molecule has 0 bridgehead atoms. The predicted octanol–water partition coefficient (Wildman–Crippen LogP) is 7.55. The van der Waals surface area contributed by atoms with Gasteiger partial charge >= 0.3 is 5.97 Å². The van der Waals surface area contributed by atoms with Crippen molar-refractivity contribution in [3.63, 3.8) is 0 Å². The Hall–Kier alpha value is -3.93. The van der Waals surface area contributed by atoms with Gasteiger partial charge in [-0.1, -0.05) is 91.9 Å². The zero-order valence-electron chi connectivity index (χ0n) is 26.5. The van der Waals surface area contributed by atoms with E-state index in [1.54, 1.807) is 0 Å². The second-order valence-corrected chi connectivity index (χ2v) is 11.6. The third-order valence-electron chi connectivity index (χ3n) is 8.69. The van der Waals surface area contributed by atoms with Gasteiger partial charge in [0.05, 0.1) is 12.6 Å². The minimum Gasteiger partial charge on any atom is -0.492 e. The third kappa shape index (κ3) is 7.58. The molecule has 0 N–H and O–H groups in total. The molecule has 3 atom stereocenters. The summed E-state index contributed by atoms with van der Waals surface area (Å²) in [4.78, 5) is 14.7. The fourth-order valence-electron chi connectivity index (χ4n) is 6.26. The van der Waals surface area contributed by atoms with Crippen molar-refractivity contribution >= 4 is 5.97 Å². The Morgan fingerprint density at radius 2 is 1.52 bits per heavy atom. The monoisotopic (exact) mass is 591 g/mol. The number of ether oxygens (including phenoxy) is 3. The van der Waals surface area contributed by atoms with Gasteiger partial charge in [0.15, 0.2) is 6.10 Å². The Labute approximate surface area is 262 Å². The minimum absolute atomic E-state index is 0.149. The molecule has 4 aromatic carbocycles. The van der Waals surface area contributed by atoms with Crippen LogP contribution in [0.3, 0.4) is 0 Å². The van der Waals surface area contributed by atoms with Crippen LogP contribution in [-0.4, -0.2) is 50.4 Å². The molecule has 0 radical (unpaired) electrons. The Balaban J connectivity index is 1.30. The number of carbonyl (C=O) groups is 1. The summed E-state index contributed by atoms with van der Waals surface area (Å²) in [5.41, 5.74) is 9.31. The van der Waals surface area contributed by atoms with E-state index in [2.05, 4.69) is 91.7 Å². The maximum atomic E-state index is 12.3. The second kappa shape index (κ2) is 15.2. The number of hydrogen-bond acceptors (Lipinski definition) is 5. The Morgan fingerprint density at radius 1 is 0.818 bits per heavy atom. The second-order valence-electron chi connectivity index (χ2n) is 11.6. The molecule has 0 saturated carbocycles. The van der Waals surface area contributed by atoms with Crippen molar-refractivity contribution < 1.29 is 19.0 Å². The van der Waals surface area contributed by atoms with Gasteiger partial charge in [-0.3, -0.25) is 4.90 Å². The number of carbonyl (C=O) groups excluding carboxylic acids is 1. The highest BCUT2D eigenvalue weighted by atomic mass is 16.6. The van der Waals surface area contributed by atoms with Crippen molar-refractivity contribution in [3.8, 4) is 5.75 Å². The number of likely N-dealkylation sites (N-methyl/N-ethyl adjacent to an activating group) is 1. The Kier molecular flexibility index (Phi) is 10.9. The van der Waals surface area contributed by atoms with Crippen molar-refractivity contribution in [1.82, 2.24) is 4.90 Å². The molecule has 0 aromatic heterocycles. The predicted molar refractivity (Wildman–Crippen MR) is 176 cm³/mol. The van der Waals surface area contributed by atoms with Gasteiger partial charge in [0.2, 0.25) is 0 Å². The smallest absolute Gasteiger partial charge is 0.335 e. The van der Waals surface area contributed by atoms with Gasteiger partial charge in [-0.05, 0) is 84.8 Å². The number of nitrogens with zero attached hydrogens (tertiary/aromatic N) is 1. The molecule has 44 heavy (non-hydrogen) atoms. The van der Waals surface area contributed by atoms with E-state index in [1.165, 1.54) is 33.4 Å². The first-order chi connectivity index (χ1) is 21.5. The van der Waals surface area contributed by atoms with Gasteiger partial charge in [0.25, 0.3) is 0 Å². The zero-order valence-corrected chi connectivity index (χ0v) is 26.5. The highest BCUT2D eigenvalue weighted by Gasteiger charge is 2.28. The normalized spacial score (nSPS) is 15.5. The number of fused-ring (bicyclic) bond motifs is 2. The summed E-state index contributed by atoms with van der Waals surface area (Å²) >= 11 is 0. The Bertz CT molecular complexity index is 1500. The van der Waals surface area contributed by atoms with Crippen molar-refractivity contribution in [2.24, 2.45) is 0 Å². The molecule has 0 heterocycles. The summed E-state index contributed by atoms with van der Waals surface area (Å²) < 4.78 is 17.0. The number of benzene rings is 4. The van der Waals surface area contributed by atoms with Crippen LogP contribution >= 0.6 is 0 Å². The molecule has 5 nitrogen and oxygen atoms in total. The summed E-state index contributed by atoms with van der Waals surface area (Å²) in [5.74, 6) is 0.811. The van der Waals surface area contributed by atoms with E-state index < -0.39 is 6.10 Å². The maximum absolute atomic E-state index is 12.3. The number of hydrogen-bond donors (Lipinski definition) is 0. The van der Waals surface area contributed by atoms with Crippen LogP contribution in [0.4, 0.5) is 0 Å². The summed E-state index contributed by atoms with van der Waals surface area (Å²) in [6.45, 7) is 8.13. The molecule has 0 spiro atoms. The van der Waals surface area contributed by atoms with Gasteiger partial charge in [-0.15, -0.1) is 0 Å². The first-order valence-corrected chi connectivity index (χ1v) is 15.9. The highest BCUT2D eigenvalue weighted by Crippen LogP contribution is 2.38. The molecular formula is C39H45NO4. The van der Waals surface area contributed by atoms with Crippen molar-refractivity contribution in [1.29, 1.82) is 0 Å². The quantitative estimate of drug-likeness (QED) is 0.150. The number of aryl methyl sites for hydroxylation is 2. The van der Waals surface area contributed by atoms with Crippen molar-refractivity contribution in [2.75, 3.05) is 33.4 Å². The molecule has 1 aliphatic rings. The van der Waals surface area contributed by atoms with E-state index in [9.17, 15) is 4.79 Å². The largest absolute Gasteiger partial charge is 0.492 e. The molecule has 230 valence electrons. The average molecular weight is 592 g/mol. The molecule has 4 aromatic rings. The lowest BCUT2D eigenvalue weighted by Crippen LogP contribution is -2.30. The topological polar surface area (TPSA) is 48.0 Å². The molecule has 1 aliphatic carbocycles. The van der Waals surface area contributed by atoms with Crippen molar-refractivity contribution in [2.45, 2.75) is 58.1 Å². The van der Waals surface area contributed by atoms with E-state index in [-0.39, 0.29) is 12.0 Å². The van der Waals surface area contributed by atoms with Crippen LogP contribution < -0.4 is 4.74 Å². The van der Waals surface area contributed by atoms with Gasteiger partial charge in [0, 0.05) is 25.5 Å². The fraction of sp³-hybridized carbons (Fsp3) is 0.359. The molecule has 5 rings (SSSR count). The van der Waals surface area contributed by atoms with Crippen LogP contribution in [0.25, 0.3) is 0 Å². The van der Waals surface area contributed by atoms with Gasteiger partial charge in [-0.25, -0.2) is 4.79 Å². The van der Waals surface area contributed by atoms with Crippen LogP contribution in [0.15, 0.2) is 97.1 Å². The first-order valence-electron chi connectivity index (χ1n) is 15.9. The molecule has 0 saturated heterocycles. The van der Waals surface area contributed by atoms with Gasteiger partial charge in [0.1, 0.15) is 12.4 Å². The van der Waals surface area contributed by atoms with Crippen LogP contribution in [0.1, 0.15) is 71.7 Å². The standard InChI is InChI=1S/C39H45NO4/c1-5-42-37(39(41)43-6-2)26-29-16-22-34(23-17-29)44-25-24-40(4)38-35-15-11-10-14-31(35)18-19-32-20-21-33(27-36(32)38)28(3)30-12-8-7-9-13-30/h7-17,20-23,27-28,37-38H,5-6,18-19,24-26H2,1-4H3. The van der Waals surface area contributed by atoms with Gasteiger partial charge in [-0.2, -0.15) is 0 Å². The average Bonchev–Trinajstić information content (AvgIpc) is 3.22. The van der Waals surface area contributed by atoms with E-state index in [0.717, 1.165) is 30.7 Å². The summed E-state index contributed by atoms with van der Waals surface area (Å²) in [6, 6.07) is 34.9. The zero-order chi connectivity index (χ0) is 30.9. The number of rotatable bonds is 13. The summed E-state index contributed by atoms with van der Waals surface area (Å²) in [5, 5.41) is 0.